The van der Waals surface area contributed by atoms with E-state index in [-0.39, 0.29) is 29.8 Å². The van der Waals surface area contributed by atoms with E-state index in [0.29, 0.717) is 12.5 Å². The van der Waals surface area contributed by atoms with Crippen LogP contribution >= 0.6 is 12.4 Å². The lowest BCUT2D eigenvalue weighted by atomic mass is 9.84. The van der Waals surface area contributed by atoms with E-state index >= 15 is 0 Å². The van der Waals surface area contributed by atoms with Crippen LogP contribution in [0.3, 0.4) is 0 Å². The van der Waals surface area contributed by atoms with Crippen LogP contribution in [-0.2, 0) is 10.2 Å². The summed E-state index contributed by atoms with van der Waals surface area (Å²) >= 11 is 0. The third kappa shape index (κ3) is 5.99. The number of rotatable bonds is 7. The molecule has 1 unspecified atom stereocenters. The maximum absolute atomic E-state index is 12.1. The largest absolute Gasteiger partial charge is 0.493 e. The fraction of sp³-hybridized carbons (Fsp3) is 0.632. The van der Waals surface area contributed by atoms with Crippen molar-refractivity contribution in [3.8, 4) is 5.75 Å². The maximum Gasteiger partial charge on any atom is 0.237 e. The third-order valence-electron chi connectivity index (χ3n) is 4.30. The average Bonchev–Trinajstić information content (AvgIpc) is 3.05. The lowest BCUT2D eigenvalue weighted by molar-refractivity contribution is -0.123. The van der Waals surface area contributed by atoms with Crippen molar-refractivity contribution in [1.82, 2.24) is 10.6 Å². The molecule has 0 radical (unpaired) electrons. The van der Waals surface area contributed by atoms with Gasteiger partial charge in [-0.1, -0.05) is 39.8 Å². The summed E-state index contributed by atoms with van der Waals surface area (Å²) in [5, 5.41) is 6.32. The standard InChI is InChI=1S/C19H30N2O2.ClH/c1-14(2)12-23-16-9-7-15(8-10-16)19(3,4)13-21-18(22)17-6-5-11-20-17;/h7-10,14,17,20H,5-6,11-13H2,1-4H3,(H,21,22);1H. The number of hydrogen-bond donors (Lipinski definition) is 2. The molecular formula is C19H31ClN2O2. The fourth-order valence-corrected chi connectivity index (χ4v) is 2.71. The Balaban J connectivity index is 0.00000288. The summed E-state index contributed by atoms with van der Waals surface area (Å²) in [5.74, 6) is 1.54. The second-order valence-electron chi connectivity index (χ2n) is 7.48. The summed E-state index contributed by atoms with van der Waals surface area (Å²) in [5.41, 5.74) is 1.10. The summed E-state index contributed by atoms with van der Waals surface area (Å²) in [7, 11) is 0. The number of halogens is 1. The quantitative estimate of drug-likeness (QED) is 0.790. The van der Waals surface area contributed by atoms with E-state index in [0.717, 1.165) is 31.7 Å². The molecular weight excluding hydrogens is 324 g/mol. The third-order valence-corrected chi connectivity index (χ3v) is 4.30. The van der Waals surface area contributed by atoms with E-state index < -0.39 is 0 Å². The molecule has 0 spiro atoms. The first kappa shape index (κ1) is 20.8. The van der Waals surface area contributed by atoms with Gasteiger partial charge in [-0.3, -0.25) is 4.79 Å². The molecule has 1 aromatic carbocycles. The van der Waals surface area contributed by atoms with Crippen molar-refractivity contribution in [2.24, 2.45) is 5.92 Å². The van der Waals surface area contributed by atoms with Crippen LogP contribution in [-0.4, -0.2) is 31.6 Å². The van der Waals surface area contributed by atoms with Crippen LogP contribution in [0.25, 0.3) is 0 Å². The minimum atomic E-state index is -0.106. The smallest absolute Gasteiger partial charge is 0.237 e. The summed E-state index contributed by atoms with van der Waals surface area (Å²) in [4.78, 5) is 12.1. The zero-order chi connectivity index (χ0) is 16.9. The van der Waals surface area contributed by atoms with Crippen LogP contribution in [0.2, 0.25) is 0 Å². The Morgan fingerprint density at radius 1 is 1.33 bits per heavy atom. The molecule has 2 rings (SSSR count). The molecule has 1 aliphatic rings. The lowest BCUT2D eigenvalue weighted by Crippen LogP contribution is -2.45. The maximum atomic E-state index is 12.1. The van der Waals surface area contributed by atoms with Gasteiger partial charge in [0.15, 0.2) is 0 Å². The topological polar surface area (TPSA) is 50.4 Å². The first-order valence-electron chi connectivity index (χ1n) is 8.63. The molecule has 4 nitrogen and oxygen atoms in total. The van der Waals surface area contributed by atoms with Crippen LogP contribution < -0.4 is 15.4 Å². The van der Waals surface area contributed by atoms with E-state index in [1.807, 2.05) is 12.1 Å². The monoisotopic (exact) mass is 354 g/mol. The van der Waals surface area contributed by atoms with Crippen LogP contribution in [0.15, 0.2) is 24.3 Å². The van der Waals surface area contributed by atoms with E-state index in [1.165, 1.54) is 5.56 Å². The van der Waals surface area contributed by atoms with Crippen LogP contribution in [0, 0.1) is 5.92 Å². The molecule has 0 aromatic heterocycles. The number of hydrogen-bond acceptors (Lipinski definition) is 3. The highest BCUT2D eigenvalue weighted by molar-refractivity contribution is 5.85. The minimum Gasteiger partial charge on any atom is -0.493 e. The summed E-state index contributed by atoms with van der Waals surface area (Å²) in [6.07, 6.45) is 2.02. The molecule has 0 bridgehead atoms. The van der Waals surface area contributed by atoms with Gasteiger partial charge in [0.2, 0.25) is 5.91 Å². The van der Waals surface area contributed by atoms with E-state index in [4.69, 9.17) is 4.74 Å². The van der Waals surface area contributed by atoms with Crippen molar-refractivity contribution < 1.29 is 9.53 Å². The molecule has 0 aliphatic carbocycles. The highest BCUT2D eigenvalue weighted by Gasteiger charge is 2.26. The molecule has 0 saturated carbocycles. The minimum absolute atomic E-state index is 0. The Bertz CT molecular complexity index is 509. The molecule has 24 heavy (non-hydrogen) atoms. The van der Waals surface area contributed by atoms with Gasteiger partial charge in [-0.2, -0.15) is 0 Å². The fourth-order valence-electron chi connectivity index (χ4n) is 2.71. The molecule has 2 N–H and O–H groups in total. The Hall–Kier alpha value is -1.26. The van der Waals surface area contributed by atoms with Crippen molar-refractivity contribution in [3.63, 3.8) is 0 Å². The van der Waals surface area contributed by atoms with Crippen LogP contribution in [0.5, 0.6) is 5.75 Å². The number of ether oxygens (including phenoxy) is 1. The zero-order valence-electron chi connectivity index (χ0n) is 15.2. The van der Waals surface area contributed by atoms with Gasteiger partial charge in [0, 0.05) is 12.0 Å². The lowest BCUT2D eigenvalue weighted by Gasteiger charge is -2.26. The SMILES string of the molecule is CC(C)COc1ccc(C(C)(C)CNC(=O)C2CCCN2)cc1.Cl. The van der Waals surface area contributed by atoms with Gasteiger partial charge >= 0.3 is 0 Å². The number of carbonyl (C=O) groups is 1. The van der Waals surface area contributed by atoms with Crippen molar-refractivity contribution in [2.75, 3.05) is 19.7 Å². The molecule has 1 saturated heterocycles. The molecule has 1 aromatic rings. The molecule has 1 aliphatic heterocycles. The highest BCUT2D eigenvalue weighted by Crippen LogP contribution is 2.25. The Morgan fingerprint density at radius 2 is 2.00 bits per heavy atom. The summed E-state index contributed by atoms with van der Waals surface area (Å²) < 4.78 is 5.72. The molecule has 1 heterocycles. The Kier molecular flexibility index (Phi) is 8.04. The summed E-state index contributed by atoms with van der Waals surface area (Å²) in [6.45, 7) is 10.9. The van der Waals surface area contributed by atoms with E-state index in [2.05, 4.69) is 50.5 Å². The van der Waals surface area contributed by atoms with Gasteiger partial charge in [-0.15, -0.1) is 12.4 Å². The Labute approximate surface area is 152 Å². The predicted molar refractivity (Wildman–Crippen MR) is 101 cm³/mol. The second kappa shape index (κ2) is 9.28. The van der Waals surface area contributed by atoms with Crippen molar-refractivity contribution >= 4 is 18.3 Å². The van der Waals surface area contributed by atoms with Gasteiger partial charge in [0.25, 0.3) is 0 Å². The number of carbonyl (C=O) groups excluding carboxylic acids is 1. The average molecular weight is 355 g/mol. The highest BCUT2D eigenvalue weighted by atomic mass is 35.5. The van der Waals surface area contributed by atoms with Gasteiger partial charge < -0.3 is 15.4 Å². The van der Waals surface area contributed by atoms with Gasteiger partial charge in [0.1, 0.15) is 5.75 Å². The normalized spacial score (nSPS) is 17.5. The van der Waals surface area contributed by atoms with E-state index in [9.17, 15) is 4.79 Å². The van der Waals surface area contributed by atoms with Gasteiger partial charge in [0.05, 0.1) is 12.6 Å². The number of nitrogens with one attached hydrogen (secondary N) is 2. The van der Waals surface area contributed by atoms with Crippen molar-refractivity contribution in [2.45, 2.75) is 52.0 Å². The molecule has 5 heteroatoms. The molecule has 1 atom stereocenters. The first-order chi connectivity index (χ1) is 10.9. The summed E-state index contributed by atoms with van der Waals surface area (Å²) in [6, 6.07) is 8.20. The van der Waals surface area contributed by atoms with Crippen LogP contribution in [0.4, 0.5) is 0 Å². The number of amides is 1. The molecule has 136 valence electrons. The van der Waals surface area contributed by atoms with Crippen LogP contribution in [0.1, 0.15) is 46.1 Å². The Morgan fingerprint density at radius 3 is 2.54 bits per heavy atom. The predicted octanol–water partition coefficient (Wildman–Crippen LogP) is 3.29. The van der Waals surface area contributed by atoms with Gasteiger partial charge in [-0.05, 0) is 43.0 Å². The second-order valence-corrected chi connectivity index (χ2v) is 7.48. The van der Waals surface area contributed by atoms with Crippen molar-refractivity contribution in [3.05, 3.63) is 29.8 Å². The molecule has 1 fully saturated rings. The first-order valence-corrected chi connectivity index (χ1v) is 8.63. The number of benzene rings is 1. The molecule has 1 amide bonds. The van der Waals surface area contributed by atoms with Gasteiger partial charge in [-0.25, -0.2) is 0 Å². The van der Waals surface area contributed by atoms with Crippen molar-refractivity contribution in [1.29, 1.82) is 0 Å². The zero-order valence-corrected chi connectivity index (χ0v) is 16.0. The van der Waals surface area contributed by atoms with E-state index in [1.54, 1.807) is 0 Å².